The molecule has 7 heteroatoms. The summed E-state index contributed by atoms with van der Waals surface area (Å²) in [4.78, 5) is 28.7. The number of aromatic nitrogens is 1. The fourth-order valence-corrected chi connectivity index (χ4v) is 2.95. The third kappa shape index (κ3) is 7.10. The van der Waals surface area contributed by atoms with Gasteiger partial charge in [-0.25, -0.2) is 9.78 Å². The van der Waals surface area contributed by atoms with Crippen molar-refractivity contribution >= 4 is 34.5 Å². The van der Waals surface area contributed by atoms with E-state index in [-0.39, 0.29) is 11.3 Å². The van der Waals surface area contributed by atoms with Gasteiger partial charge in [-0.15, -0.1) is 0 Å². The highest BCUT2D eigenvalue weighted by Crippen LogP contribution is 2.23. The normalized spacial score (nSPS) is 12.2. The number of ether oxygens (including phenoxy) is 2. The minimum absolute atomic E-state index is 0.0484. The maximum atomic E-state index is 12.5. The van der Waals surface area contributed by atoms with E-state index < -0.39 is 12.0 Å². The van der Waals surface area contributed by atoms with Crippen molar-refractivity contribution in [1.82, 2.24) is 10.3 Å². The lowest BCUT2D eigenvalue weighted by atomic mass is 9.88. The van der Waals surface area contributed by atoms with Crippen molar-refractivity contribution in [3.8, 4) is 11.6 Å². The third-order valence-corrected chi connectivity index (χ3v) is 4.66. The molecular weight excluding hydrogens is 471 g/mol. The average Bonchev–Trinajstić information content (AvgIpc) is 2.64. The molecule has 0 aliphatic heterocycles. The Labute approximate surface area is 179 Å². The summed E-state index contributed by atoms with van der Waals surface area (Å²) in [6.07, 6.45) is 2.70. The number of nitrogens with zero attached hydrogens (tertiary/aromatic N) is 1. The molecule has 150 valence electrons. The predicted octanol–water partition coefficient (Wildman–Crippen LogP) is 4.58. The molecule has 0 bridgehead atoms. The number of methoxy groups -OCH3 is 1. The van der Waals surface area contributed by atoms with Crippen LogP contribution in [0.1, 0.15) is 44.0 Å². The van der Waals surface area contributed by atoms with Gasteiger partial charge in [-0.1, -0.05) is 26.8 Å². The van der Waals surface area contributed by atoms with E-state index in [2.05, 4.69) is 53.7 Å². The molecule has 0 aliphatic carbocycles. The van der Waals surface area contributed by atoms with Crippen molar-refractivity contribution in [2.45, 2.75) is 39.7 Å². The first-order valence-corrected chi connectivity index (χ1v) is 10.0. The lowest BCUT2D eigenvalue weighted by molar-refractivity contribution is -0.143. The molecule has 2 rings (SSSR count). The first-order valence-electron chi connectivity index (χ1n) is 8.96. The van der Waals surface area contributed by atoms with E-state index in [9.17, 15) is 9.59 Å². The molecule has 1 aromatic carbocycles. The summed E-state index contributed by atoms with van der Waals surface area (Å²) in [7, 11) is 1.32. The monoisotopic (exact) mass is 496 g/mol. The second-order valence-electron chi connectivity index (χ2n) is 7.59. The smallest absolute Gasteiger partial charge is 0.328 e. The minimum Gasteiger partial charge on any atom is -0.467 e. The lowest BCUT2D eigenvalue weighted by Gasteiger charge is -2.22. The summed E-state index contributed by atoms with van der Waals surface area (Å²) in [5.74, 6) is 0.224. The van der Waals surface area contributed by atoms with Gasteiger partial charge < -0.3 is 14.8 Å². The molecule has 1 atom stereocenters. The van der Waals surface area contributed by atoms with E-state index >= 15 is 0 Å². The van der Waals surface area contributed by atoms with E-state index in [0.717, 1.165) is 9.99 Å². The van der Waals surface area contributed by atoms with E-state index in [1.807, 2.05) is 24.3 Å². The van der Waals surface area contributed by atoms with Crippen LogP contribution in [-0.2, 0) is 9.53 Å². The molecular formula is C21H25IN2O4. The summed E-state index contributed by atoms with van der Waals surface area (Å²) in [5.41, 5.74) is 0.395. The number of nitrogens with one attached hydrogen (secondary N) is 1. The molecule has 0 aliphatic rings. The van der Waals surface area contributed by atoms with E-state index in [1.165, 1.54) is 13.3 Å². The maximum Gasteiger partial charge on any atom is 0.328 e. The fraction of sp³-hybridized carbons (Fsp3) is 0.381. The molecule has 0 saturated heterocycles. The zero-order valence-corrected chi connectivity index (χ0v) is 18.6. The Morgan fingerprint density at radius 3 is 2.54 bits per heavy atom. The van der Waals surface area contributed by atoms with Crippen LogP contribution in [0.3, 0.4) is 0 Å². The number of pyridine rings is 1. The molecule has 0 unspecified atom stereocenters. The van der Waals surface area contributed by atoms with Gasteiger partial charge in [0.15, 0.2) is 0 Å². The zero-order valence-electron chi connectivity index (χ0n) is 16.5. The van der Waals surface area contributed by atoms with E-state index in [4.69, 9.17) is 9.47 Å². The standard InChI is InChI=1S/C21H25IN2O4/c1-21(2,3)11-10-17(20(26)27-4)24-19(25)14-8-9-18(23-13-14)28-16-7-5-6-15(22)12-16/h5-9,12-13,17H,10-11H2,1-4H3,(H,24,25)/t17-/m0/s1. The van der Waals surface area contributed by atoms with Crippen molar-refractivity contribution in [2.75, 3.05) is 7.11 Å². The Hall–Kier alpha value is -2.16. The summed E-state index contributed by atoms with van der Waals surface area (Å²) >= 11 is 2.20. The Bertz CT molecular complexity index is 816. The van der Waals surface area contributed by atoms with Crippen molar-refractivity contribution in [3.63, 3.8) is 0 Å². The van der Waals surface area contributed by atoms with Gasteiger partial charge in [-0.2, -0.15) is 0 Å². The first-order chi connectivity index (χ1) is 13.2. The number of carbonyl (C=O) groups excluding carboxylic acids is 2. The van der Waals surface area contributed by atoms with Crippen molar-refractivity contribution < 1.29 is 19.1 Å². The average molecular weight is 496 g/mol. The molecule has 0 spiro atoms. The van der Waals surface area contributed by atoms with Crippen molar-refractivity contribution in [2.24, 2.45) is 5.41 Å². The minimum atomic E-state index is -0.695. The first kappa shape index (κ1) is 22.1. The molecule has 1 aromatic heterocycles. The summed E-state index contributed by atoms with van der Waals surface area (Å²) in [6.45, 7) is 6.25. The number of amides is 1. The zero-order chi connectivity index (χ0) is 20.7. The molecule has 0 radical (unpaired) electrons. The van der Waals surface area contributed by atoms with E-state index in [1.54, 1.807) is 12.1 Å². The Morgan fingerprint density at radius 1 is 1.21 bits per heavy atom. The van der Waals surface area contributed by atoms with Crippen LogP contribution >= 0.6 is 22.6 Å². The number of carbonyl (C=O) groups is 2. The van der Waals surface area contributed by atoms with E-state index in [0.29, 0.717) is 23.6 Å². The van der Waals surface area contributed by atoms with Gasteiger partial charge in [-0.3, -0.25) is 4.79 Å². The summed E-state index contributed by atoms with van der Waals surface area (Å²) < 4.78 is 11.6. The van der Waals surface area contributed by atoms with Gasteiger partial charge in [0, 0.05) is 15.8 Å². The third-order valence-electron chi connectivity index (χ3n) is 3.99. The molecule has 0 saturated carbocycles. The van der Waals surface area contributed by atoms with Crippen molar-refractivity contribution in [1.29, 1.82) is 0 Å². The topological polar surface area (TPSA) is 77.5 Å². The van der Waals surface area contributed by atoms with Crippen LogP contribution in [0.25, 0.3) is 0 Å². The molecule has 6 nitrogen and oxygen atoms in total. The number of esters is 1. The maximum absolute atomic E-state index is 12.5. The second kappa shape index (κ2) is 9.86. The highest BCUT2D eigenvalue weighted by Gasteiger charge is 2.24. The molecule has 1 heterocycles. The second-order valence-corrected chi connectivity index (χ2v) is 8.84. The van der Waals surface area contributed by atoms with Gasteiger partial charge in [0.2, 0.25) is 5.88 Å². The molecule has 1 N–H and O–H groups in total. The Morgan fingerprint density at radius 2 is 1.96 bits per heavy atom. The fourth-order valence-electron chi connectivity index (χ4n) is 2.44. The highest BCUT2D eigenvalue weighted by atomic mass is 127. The van der Waals surface area contributed by atoms with Crippen LogP contribution in [-0.4, -0.2) is 30.0 Å². The summed E-state index contributed by atoms with van der Waals surface area (Å²) in [6, 6.07) is 10.1. The van der Waals surface area contributed by atoms with Gasteiger partial charge >= 0.3 is 5.97 Å². The molecule has 2 aromatic rings. The number of rotatable bonds is 7. The van der Waals surface area contributed by atoms with Crippen LogP contribution in [0, 0.1) is 8.99 Å². The number of benzene rings is 1. The Balaban J connectivity index is 2.02. The molecule has 1 amide bonds. The number of hydrogen-bond donors (Lipinski definition) is 1. The predicted molar refractivity (Wildman–Crippen MR) is 115 cm³/mol. The summed E-state index contributed by atoms with van der Waals surface area (Å²) in [5, 5.41) is 2.74. The van der Waals surface area contributed by atoms with Crippen LogP contribution in [0.4, 0.5) is 0 Å². The quantitative estimate of drug-likeness (QED) is 0.449. The lowest BCUT2D eigenvalue weighted by Crippen LogP contribution is -2.42. The highest BCUT2D eigenvalue weighted by molar-refractivity contribution is 14.1. The number of hydrogen-bond acceptors (Lipinski definition) is 5. The number of halogens is 1. The van der Waals surface area contributed by atoms with Crippen LogP contribution < -0.4 is 10.1 Å². The van der Waals surface area contributed by atoms with Gasteiger partial charge in [0.05, 0.1) is 12.7 Å². The van der Waals surface area contributed by atoms with Gasteiger partial charge in [0.1, 0.15) is 11.8 Å². The van der Waals surface area contributed by atoms with Gasteiger partial charge in [0.25, 0.3) is 5.91 Å². The van der Waals surface area contributed by atoms with Crippen LogP contribution in [0.5, 0.6) is 11.6 Å². The van der Waals surface area contributed by atoms with Crippen molar-refractivity contribution in [3.05, 3.63) is 51.7 Å². The largest absolute Gasteiger partial charge is 0.467 e. The van der Waals surface area contributed by atoms with Gasteiger partial charge in [-0.05, 0) is 65.1 Å². The van der Waals surface area contributed by atoms with Crippen LogP contribution in [0.15, 0.2) is 42.6 Å². The van der Waals surface area contributed by atoms with Crippen LogP contribution in [0.2, 0.25) is 0 Å². The Kier molecular flexibility index (Phi) is 7.79. The SMILES string of the molecule is COC(=O)[C@H](CCC(C)(C)C)NC(=O)c1ccc(Oc2cccc(I)c2)nc1. The molecule has 0 fully saturated rings. The molecule has 28 heavy (non-hydrogen) atoms.